The number of carbonyl (C=O) groups is 1. The number of nitrogens with one attached hydrogen (secondary N) is 2. The molecule has 0 spiro atoms. The molecule has 0 unspecified atom stereocenters. The molecule has 2 N–H and O–H groups in total. The van der Waals surface area contributed by atoms with Gasteiger partial charge in [-0.2, -0.15) is 15.3 Å². The van der Waals surface area contributed by atoms with Crippen LogP contribution in [0.4, 0.5) is 0 Å². The van der Waals surface area contributed by atoms with Crippen molar-refractivity contribution >= 4 is 18.2 Å². The number of benzene rings is 2. The summed E-state index contributed by atoms with van der Waals surface area (Å²) in [6.07, 6.45) is 3.60. The van der Waals surface area contributed by atoms with Crippen LogP contribution in [0.1, 0.15) is 34.4 Å². The number of hydrazone groups is 1. The highest BCUT2D eigenvalue weighted by molar-refractivity contribution is 5.94. The zero-order chi connectivity index (χ0) is 22.5. The standard InChI is InChI=1S/C25H24N6O/c1-17(14-20-10-6-4-7-11-20)16-26-29-25(32)23-15-22(27-28-23)24-18(2)30-31(19(24)3)21-12-8-5-9-13-21/h4-16H,1-3H3,(H,27,28)(H,29,32). The smallest absolute Gasteiger partial charge is 0.272 e. The summed E-state index contributed by atoms with van der Waals surface area (Å²) in [6, 6.07) is 21.5. The fourth-order valence-electron chi connectivity index (χ4n) is 3.50. The highest BCUT2D eigenvalue weighted by Crippen LogP contribution is 2.27. The van der Waals surface area contributed by atoms with Gasteiger partial charge in [-0.05, 0) is 50.1 Å². The fourth-order valence-corrected chi connectivity index (χ4v) is 3.50. The Morgan fingerprint density at radius 3 is 2.47 bits per heavy atom. The number of carbonyl (C=O) groups excluding carboxylic acids is 1. The summed E-state index contributed by atoms with van der Waals surface area (Å²) in [5, 5.41) is 15.8. The zero-order valence-corrected chi connectivity index (χ0v) is 18.2. The van der Waals surface area contributed by atoms with Gasteiger partial charge in [0.2, 0.25) is 0 Å². The number of aromatic amines is 1. The average Bonchev–Trinajstić information content (AvgIpc) is 3.39. The first-order valence-corrected chi connectivity index (χ1v) is 10.3. The third-order valence-electron chi connectivity index (χ3n) is 5.00. The molecule has 0 saturated heterocycles. The van der Waals surface area contributed by atoms with Crippen molar-refractivity contribution < 1.29 is 4.79 Å². The Labute approximate surface area is 186 Å². The maximum atomic E-state index is 12.5. The molecule has 0 fully saturated rings. The molecule has 0 aliphatic heterocycles. The van der Waals surface area contributed by atoms with Gasteiger partial charge >= 0.3 is 0 Å². The minimum atomic E-state index is -0.363. The highest BCUT2D eigenvalue weighted by Gasteiger charge is 2.18. The number of amides is 1. The van der Waals surface area contributed by atoms with Crippen LogP contribution in [0.25, 0.3) is 23.0 Å². The highest BCUT2D eigenvalue weighted by atomic mass is 16.2. The summed E-state index contributed by atoms with van der Waals surface area (Å²) >= 11 is 0. The van der Waals surface area contributed by atoms with E-state index in [2.05, 4.69) is 25.8 Å². The second kappa shape index (κ2) is 9.26. The Balaban J connectivity index is 1.48. The van der Waals surface area contributed by atoms with Gasteiger partial charge in [0.05, 0.1) is 29.0 Å². The number of rotatable bonds is 6. The maximum absolute atomic E-state index is 12.5. The molecule has 2 aromatic heterocycles. The van der Waals surface area contributed by atoms with Crippen molar-refractivity contribution in [2.75, 3.05) is 0 Å². The normalized spacial score (nSPS) is 11.8. The summed E-state index contributed by atoms with van der Waals surface area (Å²) in [5.74, 6) is -0.363. The number of nitrogens with zero attached hydrogens (tertiary/aromatic N) is 4. The molecule has 2 aromatic carbocycles. The van der Waals surface area contributed by atoms with E-state index in [0.717, 1.165) is 33.8 Å². The number of allylic oxidation sites excluding steroid dienone is 1. The third-order valence-corrected chi connectivity index (χ3v) is 5.00. The molecule has 0 aliphatic rings. The van der Waals surface area contributed by atoms with E-state index in [4.69, 9.17) is 0 Å². The van der Waals surface area contributed by atoms with Crippen LogP contribution >= 0.6 is 0 Å². The fraction of sp³-hybridized carbons (Fsp3) is 0.120. The molecule has 0 radical (unpaired) electrons. The van der Waals surface area contributed by atoms with Crippen LogP contribution < -0.4 is 5.43 Å². The van der Waals surface area contributed by atoms with Crippen molar-refractivity contribution in [3.05, 3.63) is 94.9 Å². The third kappa shape index (κ3) is 4.57. The van der Waals surface area contributed by atoms with E-state index in [1.807, 2.05) is 92.2 Å². The van der Waals surface area contributed by atoms with Crippen molar-refractivity contribution in [2.45, 2.75) is 20.8 Å². The van der Waals surface area contributed by atoms with E-state index in [9.17, 15) is 4.79 Å². The second-order valence-electron chi connectivity index (χ2n) is 7.46. The predicted molar refractivity (Wildman–Crippen MR) is 127 cm³/mol. The minimum absolute atomic E-state index is 0.327. The molecular weight excluding hydrogens is 400 g/mol. The van der Waals surface area contributed by atoms with E-state index < -0.39 is 0 Å². The zero-order valence-electron chi connectivity index (χ0n) is 18.2. The van der Waals surface area contributed by atoms with Crippen molar-refractivity contribution in [3.8, 4) is 16.9 Å². The molecule has 0 atom stereocenters. The number of hydrogen-bond acceptors (Lipinski definition) is 4. The molecule has 1 amide bonds. The second-order valence-corrected chi connectivity index (χ2v) is 7.46. The number of para-hydroxylation sites is 1. The van der Waals surface area contributed by atoms with E-state index in [1.165, 1.54) is 0 Å². The quantitative estimate of drug-likeness (QED) is 0.347. The molecule has 4 aromatic rings. The summed E-state index contributed by atoms with van der Waals surface area (Å²) < 4.78 is 1.88. The van der Waals surface area contributed by atoms with Crippen molar-refractivity contribution in [1.82, 2.24) is 25.4 Å². The summed E-state index contributed by atoms with van der Waals surface area (Å²) in [4.78, 5) is 12.5. The molecule has 7 heteroatoms. The SMILES string of the molecule is CC(C=NNC(=O)c1cc(-c2c(C)nn(-c3ccccc3)c2C)n[nH]1)=Cc1ccccc1. The first-order valence-electron chi connectivity index (χ1n) is 10.3. The van der Waals surface area contributed by atoms with Crippen LogP contribution in [0.15, 0.2) is 77.4 Å². The molecule has 0 saturated carbocycles. The molecule has 0 bridgehead atoms. The molecular formula is C25H24N6O. The number of H-pyrrole nitrogens is 1. The van der Waals surface area contributed by atoms with Crippen molar-refractivity contribution in [2.24, 2.45) is 5.10 Å². The van der Waals surface area contributed by atoms with E-state index >= 15 is 0 Å². The Morgan fingerprint density at radius 2 is 1.75 bits per heavy atom. The Kier molecular flexibility index (Phi) is 6.07. The van der Waals surface area contributed by atoms with Gasteiger partial charge in [-0.15, -0.1) is 0 Å². The van der Waals surface area contributed by atoms with E-state index in [1.54, 1.807) is 12.3 Å². The monoisotopic (exact) mass is 424 g/mol. The molecule has 160 valence electrons. The summed E-state index contributed by atoms with van der Waals surface area (Å²) in [5.41, 5.74) is 9.18. The number of aromatic nitrogens is 4. The largest absolute Gasteiger partial charge is 0.289 e. The van der Waals surface area contributed by atoms with Gasteiger partial charge in [0, 0.05) is 5.56 Å². The van der Waals surface area contributed by atoms with Gasteiger partial charge in [-0.1, -0.05) is 54.6 Å². The first-order chi connectivity index (χ1) is 15.5. The van der Waals surface area contributed by atoms with Crippen molar-refractivity contribution in [1.29, 1.82) is 0 Å². The lowest BCUT2D eigenvalue weighted by atomic mass is 10.1. The van der Waals surface area contributed by atoms with Gasteiger partial charge < -0.3 is 0 Å². The van der Waals surface area contributed by atoms with E-state index in [-0.39, 0.29) is 5.91 Å². The van der Waals surface area contributed by atoms with Crippen LogP contribution in [0, 0.1) is 13.8 Å². The summed E-state index contributed by atoms with van der Waals surface area (Å²) in [6.45, 7) is 5.85. The lowest BCUT2D eigenvalue weighted by Gasteiger charge is -2.04. The lowest BCUT2D eigenvalue weighted by Crippen LogP contribution is -2.17. The van der Waals surface area contributed by atoms with Gasteiger partial charge in [-0.3, -0.25) is 9.89 Å². The average molecular weight is 425 g/mol. The van der Waals surface area contributed by atoms with E-state index in [0.29, 0.717) is 11.4 Å². The Bertz CT molecular complexity index is 1280. The topological polar surface area (TPSA) is 88.0 Å². The maximum Gasteiger partial charge on any atom is 0.289 e. The number of aryl methyl sites for hydroxylation is 1. The minimum Gasteiger partial charge on any atom is -0.272 e. The van der Waals surface area contributed by atoms with Crippen LogP contribution in [0.3, 0.4) is 0 Å². The Morgan fingerprint density at radius 1 is 1.06 bits per heavy atom. The van der Waals surface area contributed by atoms with Crippen LogP contribution in [0.5, 0.6) is 0 Å². The van der Waals surface area contributed by atoms with Gasteiger partial charge in [0.1, 0.15) is 5.69 Å². The molecule has 0 aliphatic carbocycles. The molecule has 4 rings (SSSR count). The molecule has 32 heavy (non-hydrogen) atoms. The number of hydrogen-bond donors (Lipinski definition) is 2. The van der Waals surface area contributed by atoms with Gasteiger partial charge in [0.15, 0.2) is 0 Å². The summed E-state index contributed by atoms with van der Waals surface area (Å²) in [7, 11) is 0. The predicted octanol–water partition coefficient (Wildman–Crippen LogP) is 4.70. The van der Waals surface area contributed by atoms with Crippen LogP contribution in [-0.4, -0.2) is 32.1 Å². The van der Waals surface area contributed by atoms with Gasteiger partial charge in [0.25, 0.3) is 5.91 Å². The van der Waals surface area contributed by atoms with Crippen LogP contribution in [-0.2, 0) is 0 Å². The molecule has 7 nitrogen and oxygen atoms in total. The van der Waals surface area contributed by atoms with Crippen LogP contribution in [0.2, 0.25) is 0 Å². The molecule has 2 heterocycles. The van der Waals surface area contributed by atoms with Gasteiger partial charge in [-0.25, -0.2) is 10.1 Å². The Hall–Kier alpha value is -4.26. The van der Waals surface area contributed by atoms with Crippen molar-refractivity contribution in [3.63, 3.8) is 0 Å². The first kappa shape index (κ1) is 21.0. The lowest BCUT2D eigenvalue weighted by molar-refractivity contribution is 0.0950.